The van der Waals surface area contributed by atoms with Crippen LogP contribution >= 0.6 is 11.6 Å². The fraction of sp³-hybridized carbons (Fsp3) is 0.133. The Morgan fingerprint density at radius 3 is 2.67 bits per heavy atom. The summed E-state index contributed by atoms with van der Waals surface area (Å²) >= 11 is 6.08. The number of hydrogen-bond acceptors (Lipinski definition) is 1. The van der Waals surface area contributed by atoms with Gasteiger partial charge in [0.1, 0.15) is 0 Å². The van der Waals surface area contributed by atoms with Crippen LogP contribution in [-0.2, 0) is 7.05 Å². The summed E-state index contributed by atoms with van der Waals surface area (Å²) in [5, 5.41) is 3.45. The topological polar surface area (TPSA) is 22.0 Å². The molecule has 0 atom stereocenters. The molecule has 0 saturated carbocycles. The average molecular weight is 258 g/mol. The first-order chi connectivity index (χ1) is 8.59. The number of benzene rings is 2. The van der Waals surface area contributed by atoms with Crippen molar-refractivity contribution < 1.29 is 0 Å². The van der Waals surface area contributed by atoms with Crippen molar-refractivity contribution in [1.29, 1.82) is 0 Å². The molecule has 0 saturated heterocycles. The van der Waals surface area contributed by atoms with E-state index in [2.05, 4.69) is 0 Å². The normalized spacial score (nSPS) is 11.3. The van der Waals surface area contributed by atoms with E-state index < -0.39 is 0 Å². The molecule has 90 valence electrons. The van der Waals surface area contributed by atoms with Crippen LogP contribution in [0.15, 0.2) is 41.2 Å². The Hall–Kier alpha value is -1.80. The fourth-order valence-electron chi connectivity index (χ4n) is 2.49. The van der Waals surface area contributed by atoms with Crippen molar-refractivity contribution in [3.63, 3.8) is 0 Å². The lowest BCUT2D eigenvalue weighted by atomic mass is 10.0. The summed E-state index contributed by atoms with van der Waals surface area (Å²) in [5.74, 6) is 0. The zero-order chi connectivity index (χ0) is 12.9. The second-order valence-corrected chi connectivity index (χ2v) is 4.96. The highest BCUT2D eigenvalue weighted by Crippen LogP contribution is 2.27. The SMILES string of the molecule is Cc1cccc2c(=O)n(C)c3ccc(Cl)cc3c12. The molecule has 1 heterocycles. The highest BCUT2D eigenvalue weighted by Gasteiger charge is 2.10. The van der Waals surface area contributed by atoms with Crippen LogP contribution in [0.25, 0.3) is 21.7 Å². The lowest BCUT2D eigenvalue weighted by molar-refractivity contribution is 0.918. The van der Waals surface area contributed by atoms with Gasteiger partial charge in [-0.3, -0.25) is 4.79 Å². The van der Waals surface area contributed by atoms with Crippen molar-refractivity contribution in [2.75, 3.05) is 0 Å². The quantitative estimate of drug-likeness (QED) is 0.564. The van der Waals surface area contributed by atoms with Crippen LogP contribution in [0.2, 0.25) is 5.02 Å². The minimum atomic E-state index is 0.0310. The fourth-order valence-corrected chi connectivity index (χ4v) is 2.67. The molecule has 0 N–H and O–H groups in total. The Bertz CT molecular complexity index is 833. The minimum absolute atomic E-state index is 0.0310. The Kier molecular flexibility index (Phi) is 2.42. The van der Waals surface area contributed by atoms with E-state index in [1.54, 1.807) is 11.6 Å². The minimum Gasteiger partial charge on any atom is -0.311 e. The second kappa shape index (κ2) is 3.85. The molecule has 0 fully saturated rings. The van der Waals surface area contributed by atoms with E-state index >= 15 is 0 Å². The highest BCUT2D eigenvalue weighted by atomic mass is 35.5. The summed E-state index contributed by atoms with van der Waals surface area (Å²) in [5.41, 5.74) is 2.03. The smallest absolute Gasteiger partial charge is 0.258 e. The molecule has 0 aliphatic carbocycles. The summed E-state index contributed by atoms with van der Waals surface area (Å²) in [7, 11) is 1.79. The van der Waals surface area contributed by atoms with Gasteiger partial charge in [0.05, 0.1) is 5.52 Å². The molecule has 0 radical (unpaired) electrons. The number of aromatic nitrogens is 1. The first-order valence-corrected chi connectivity index (χ1v) is 6.15. The second-order valence-electron chi connectivity index (χ2n) is 4.52. The van der Waals surface area contributed by atoms with Crippen molar-refractivity contribution in [3.8, 4) is 0 Å². The summed E-state index contributed by atoms with van der Waals surface area (Å²) in [6.07, 6.45) is 0. The monoisotopic (exact) mass is 257 g/mol. The van der Waals surface area contributed by atoms with Crippen molar-refractivity contribution >= 4 is 33.3 Å². The van der Waals surface area contributed by atoms with Crippen molar-refractivity contribution in [3.05, 3.63) is 57.3 Å². The zero-order valence-corrected chi connectivity index (χ0v) is 11.0. The van der Waals surface area contributed by atoms with Crippen LogP contribution in [-0.4, -0.2) is 4.57 Å². The van der Waals surface area contributed by atoms with Gasteiger partial charge in [-0.1, -0.05) is 23.7 Å². The molecule has 3 heteroatoms. The first-order valence-electron chi connectivity index (χ1n) is 5.77. The molecule has 0 aliphatic heterocycles. The number of aryl methyl sites for hydroxylation is 2. The summed E-state index contributed by atoms with van der Waals surface area (Å²) in [6.45, 7) is 2.02. The Labute approximate surface area is 109 Å². The van der Waals surface area contributed by atoms with Crippen LogP contribution < -0.4 is 5.56 Å². The van der Waals surface area contributed by atoms with Gasteiger partial charge in [0, 0.05) is 22.8 Å². The molecule has 2 aromatic carbocycles. The zero-order valence-electron chi connectivity index (χ0n) is 10.2. The van der Waals surface area contributed by atoms with Gasteiger partial charge in [0.25, 0.3) is 5.56 Å². The maximum atomic E-state index is 12.3. The standard InChI is InChI=1S/C15H12ClNO/c1-9-4-3-5-11-14(9)12-8-10(16)6-7-13(12)17(2)15(11)18/h3-8H,1-2H3. The number of pyridine rings is 1. The van der Waals surface area contributed by atoms with E-state index in [1.807, 2.05) is 43.3 Å². The van der Waals surface area contributed by atoms with E-state index in [9.17, 15) is 4.79 Å². The third kappa shape index (κ3) is 1.46. The number of fused-ring (bicyclic) bond motifs is 3. The third-order valence-electron chi connectivity index (χ3n) is 3.40. The van der Waals surface area contributed by atoms with Crippen LogP contribution in [0.1, 0.15) is 5.56 Å². The van der Waals surface area contributed by atoms with Gasteiger partial charge in [-0.25, -0.2) is 0 Å². The van der Waals surface area contributed by atoms with E-state index in [1.165, 1.54) is 0 Å². The molecule has 0 aliphatic rings. The molecule has 0 unspecified atom stereocenters. The van der Waals surface area contributed by atoms with Gasteiger partial charge in [0.15, 0.2) is 0 Å². The number of hydrogen-bond donors (Lipinski definition) is 0. The van der Waals surface area contributed by atoms with Crippen LogP contribution in [0, 0.1) is 6.92 Å². The molecule has 0 amide bonds. The number of rotatable bonds is 0. The Balaban J connectivity index is 2.75. The van der Waals surface area contributed by atoms with Crippen LogP contribution in [0.4, 0.5) is 0 Å². The van der Waals surface area contributed by atoms with Gasteiger partial charge < -0.3 is 4.57 Å². The molecule has 1 aromatic heterocycles. The maximum Gasteiger partial charge on any atom is 0.258 e. The largest absolute Gasteiger partial charge is 0.311 e. The predicted molar refractivity (Wildman–Crippen MR) is 76.4 cm³/mol. The molecular formula is C15H12ClNO. The van der Waals surface area contributed by atoms with Gasteiger partial charge in [-0.05, 0) is 42.1 Å². The van der Waals surface area contributed by atoms with Crippen molar-refractivity contribution in [2.24, 2.45) is 7.05 Å². The third-order valence-corrected chi connectivity index (χ3v) is 3.63. The maximum absolute atomic E-state index is 12.3. The van der Waals surface area contributed by atoms with E-state index in [-0.39, 0.29) is 5.56 Å². The van der Waals surface area contributed by atoms with Gasteiger partial charge in [0.2, 0.25) is 0 Å². The van der Waals surface area contributed by atoms with Crippen molar-refractivity contribution in [2.45, 2.75) is 6.92 Å². The summed E-state index contributed by atoms with van der Waals surface area (Å²) < 4.78 is 1.67. The molecule has 2 nitrogen and oxygen atoms in total. The summed E-state index contributed by atoms with van der Waals surface area (Å²) in [6, 6.07) is 11.4. The number of halogens is 1. The van der Waals surface area contributed by atoms with Crippen molar-refractivity contribution in [1.82, 2.24) is 4.57 Å². The van der Waals surface area contributed by atoms with E-state index in [0.717, 1.165) is 27.2 Å². The molecule has 0 spiro atoms. The molecule has 0 bridgehead atoms. The Morgan fingerprint density at radius 2 is 1.89 bits per heavy atom. The van der Waals surface area contributed by atoms with Gasteiger partial charge >= 0.3 is 0 Å². The van der Waals surface area contributed by atoms with Gasteiger partial charge in [-0.2, -0.15) is 0 Å². The lowest BCUT2D eigenvalue weighted by Crippen LogP contribution is -2.17. The lowest BCUT2D eigenvalue weighted by Gasteiger charge is -2.11. The van der Waals surface area contributed by atoms with E-state index in [0.29, 0.717) is 5.02 Å². The molecule has 3 aromatic rings. The average Bonchev–Trinajstić information content (AvgIpc) is 2.35. The van der Waals surface area contributed by atoms with Gasteiger partial charge in [-0.15, -0.1) is 0 Å². The molecule has 18 heavy (non-hydrogen) atoms. The first kappa shape index (κ1) is 11.3. The van der Waals surface area contributed by atoms with Crippen LogP contribution in [0.3, 0.4) is 0 Å². The molecular weight excluding hydrogens is 246 g/mol. The number of nitrogens with zero attached hydrogens (tertiary/aromatic N) is 1. The molecule has 3 rings (SSSR count). The Morgan fingerprint density at radius 1 is 1.11 bits per heavy atom. The highest BCUT2D eigenvalue weighted by molar-refractivity contribution is 6.31. The summed E-state index contributed by atoms with van der Waals surface area (Å²) in [4.78, 5) is 12.3. The van der Waals surface area contributed by atoms with Crippen LogP contribution in [0.5, 0.6) is 0 Å². The van der Waals surface area contributed by atoms with E-state index in [4.69, 9.17) is 11.6 Å². The predicted octanol–water partition coefficient (Wildman–Crippen LogP) is 3.65.